The van der Waals surface area contributed by atoms with Crippen LogP contribution in [-0.4, -0.2) is 49.6 Å². The molecule has 0 fully saturated rings. The molecule has 34 heavy (non-hydrogen) atoms. The molecule has 1 aliphatic rings. The van der Waals surface area contributed by atoms with Crippen LogP contribution in [0.25, 0.3) is 0 Å². The molecule has 0 unspecified atom stereocenters. The molecule has 1 atom stereocenters. The number of ether oxygens (including phenoxy) is 3. The lowest BCUT2D eigenvalue weighted by Crippen LogP contribution is -2.49. The number of nitrogens with one attached hydrogen (secondary N) is 1. The summed E-state index contributed by atoms with van der Waals surface area (Å²) in [4.78, 5) is 28.2. The minimum Gasteiger partial charge on any atom is -0.497 e. The van der Waals surface area contributed by atoms with Crippen LogP contribution in [0.1, 0.15) is 44.7 Å². The van der Waals surface area contributed by atoms with Gasteiger partial charge in [0.25, 0.3) is 0 Å². The molecule has 1 N–H and O–H groups in total. The molecule has 0 saturated carbocycles. The van der Waals surface area contributed by atoms with E-state index in [1.165, 1.54) is 0 Å². The molecular formula is C27H36N2O5. The number of benzene rings is 2. The quantitative estimate of drug-likeness (QED) is 0.540. The van der Waals surface area contributed by atoms with Crippen LogP contribution in [0.4, 0.5) is 0 Å². The van der Waals surface area contributed by atoms with Gasteiger partial charge in [-0.25, -0.2) is 0 Å². The van der Waals surface area contributed by atoms with Gasteiger partial charge in [0, 0.05) is 19.5 Å². The molecule has 2 aromatic carbocycles. The minimum absolute atomic E-state index is 0.0655. The topological polar surface area (TPSA) is 77.1 Å². The lowest BCUT2D eigenvalue weighted by atomic mass is 10.1. The molecule has 3 rings (SSSR count). The third-order valence-corrected chi connectivity index (χ3v) is 5.79. The Morgan fingerprint density at radius 3 is 2.53 bits per heavy atom. The van der Waals surface area contributed by atoms with Crippen molar-refractivity contribution in [3.05, 3.63) is 53.6 Å². The predicted molar refractivity (Wildman–Crippen MR) is 131 cm³/mol. The zero-order valence-corrected chi connectivity index (χ0v) is 20.6. The maximum atomic E-state index is 13.5. The highest BCUT2D eigenvalue weighted by atomic mass is 16.6. The second kappa shape index (κ2) is 12.3. The smallest absolute Gasteiger partial charge is 0.242 e. The summed E-state index contributed by atoms with van der Waals surface area (Å²) in [5.41, 5.74) is 1.92. The first-order valence-corrected chi connectivity index (χ1v) is 12.0. The number of carbonyl (C=O) groups is 2. The standard InChI is InChI=1S/C27H36N2O5/c1-5-23(27(31)28-17-19(2)3)29(18-21-7-6-8-22(15-21)32-4)26(30)12-10-20-9-11-24-25(16-20)34-14-13-33-24/h6-9,11,15-16,19,23H,5,10,12-14,17-18H2,1-4H3,(H,28,31)/t23-/m0/s1. The van der Waals surface area contributed by atoms with E-state index in [4.69, 9.17) is 14.2 Å². The van der Waals surface area contributed by atoms with Crippen LogP contribution in [0.2, 0.25) is 0 Å². The van der Waals surface area contributed by atoms with Crippen molar-refractivity contribution >= 4 is 11.8 Å². The van der Waals surface area contributed by atoms with Gasteiger partial charge in [-0.3, -0.25) is 9.59 Å². The molecule has 0 radical (unpaired) electrons. The molecule has 7 nitrogen and oxygen atoms in total. The molecule has 184 valence electrons. The number of carbonyl (C=O) groups excluding carboxylic acids is 2. The van der Waals surface area contributed by atoms with Crippen molar-refractivity contribution in [2.45, 2.75) is 52.6 Å². The van der Waals surface area contributed by atoms with Gasteiger partial charge in [0.15, 0.2) is 11.5 Å². The van der Waals surface area contributed by atoms with E-state index in [0.717, 1.165) is 22.6 Å². The second-order valence-corrected chi connectivity index (χ2v) is 8.91. The summed E-state index contributed by atoms with van der Waals surface area (Å²) in [7, 11) is 1.61. The Morgan fingerprint density at radius 2 is 1.82 bits per heavy atom. The van der Waals surface area contributed by atoms with Crippen molar-refractivity contribution in [3.63, 3.8) is 0 Å². The van der Waals surface area contributed by atoms with Crippen LogP contribution in [0.5, 0.6) is 17.2 Å². The minimum atomic E-state index is -0.544. The highest BCUT2D eigenvalue weighted by molar-refractivity contribution is 5.87. The van der Waals surface area contributed by atoms with Gasteiger partial charge in [0.1, 0.15) is 25.0 Å². The molecule has 0 saturated heterocycles. The SMILES string of the molecule is CC[C@@H](C(=O)NCC(C)C)N(Cc1cccc(OC)c1)C(=O)CCc1ccc2c(c1)OCCO2. The van der Waals surface area contributed by atoms with Crippen LogP contribution in [0.15, 0.2) is 42.5 Å². The van der Waals surface area contributed by atoms with E-state index in [-0.39, 0.29) is 18.2 Å². The fourth-order valence-corrected chi connectivity index (χ4v) is 3.95. The zero-order chi connectivity index (χ0) is 24.5. The lowest BCUT2D eigenvalue weighted by molar-refractivity contribution is -0.141. The summed E-state index contributed by atoms with van der Waals surface area (Å²) in [5.74, 6) is 2.31. The van der Waals surface area contributed by atoms with Crippen molar-refractivity contribution in [2.75, 3.05) is 26.9 Å². The van der Waals surface area contributed by atoms with Crippen molar-refractivity contribution in [3.8, 4) is 17.2 Å². The highest BCUT2D eigenvalue weighted by Gasteiger charge is 2.28. The van der Waals surface area contributed by atoms with Crippen LogP contribution in [-0.2, 0) is 22.6 Å². The predicted octanol–water partition coefficient (Wildman–Crippen LogP) is 3.98. The molecule has 0 aliphatic carbocycles. The van der Waals surface area contributed by atoms with E-state index in [9.17, 15) is 9.59 Å². The summed E-state index contributed by atoms with van der Waals surface area (Å²) < 4.78 is 16.6. The Labute approximate surface area is 202 Å². The Kier molecular flexibility index (Phi) is 9.19. The van der Waals surface area contributed by atoms with Gasteiger partial charge < -0.3 is 24.4 Å². The van der Waals surface area contributed by atoms with Gasteiger partial charge in [-0.1, -0.05) is 39.0 Å². The van der Waals surface area contributed by atoms with Crippen LogP contribution in [0, 0.1) is 5.92 Å². The average molecular weight is 469 g/mol. The maximum Gasteiger partial charge on any atom is 0.242 e. The fraction of sp³-hybridized carbons (Fsp3) is 0.481. The first-order chi connectivity index (χ1) is 16.4. The monoisotopic (exact) mass is 468 g/mol. The number of hydrogen-bond donors (Lipinski definition) is 1. The summed E-state index contributed by atoms with van der Waals surface area (Å²) in [6, 6.07) is 12.8. The average Bonchev–Trinajstić information content (AvgIpc) is 2.85. The normalized spacial score (nSPS) is 13.3. The van der Waals surface area contributed by atoms with E-state index in [0.29, 0.717) is 50.8 Å². The third kappa shape index (κ3) is 6.89. The van der Waals surface area contributed by atoms with Crippen LogP contribution < -0.4 is 19.5 Å². The molecule has 0 aromatic heterocycles. The van der Waals surface area contributed by atoms with Gasteiger partial charge in [-0.05, 0) is 54.2 Å². The lowest BCUT2D eigenvalue weighted by Gasteiger charge is -2.31. The largest absolute Gasteiger partial charge is 0.497 e. The number of fused-ring (bicyclic) bond motifs is 1. The van der Waals surface area contributed by atoms with E-state index >= 15 is 0 Å². The first kappa shape index (κ1) is 25.4. The maximum absolute atomic E-state index is 13.5. The summed E-state index contributed by atoms with van der Waals surface area (Å²) >= 11 is 0. The van der Waals surface area contributed by atoms with Gasteiger partial charge in [-0.15, -0.1) is 0 Å². The molecule has 1 heterocycles. The zero-order valence-electron chi connectivity index (χ0n) is 20.6. The Balaban J connectivity index is 1.76. The number of nitrogens with zero attached hydrogens (tertiary/aromatic N) is 1. The molecule has 1 aliphatic heterocycles. The molecule has 7 heteroatoms. The Morgan fingerprint density at radius 1 is 1.06 bits per heavy atom. The first-order valence-electron chi connectivity index (χ1n) is 12.0. The summed E-state index contributed by atoms with van der Waals surface area (Å²) in [6.45, 7) is 8.01. The highest BCUT2D eigenvalue weighted by Crippen LogP contribution is 2.31. The molecule has 0 spiro atoms. The van der Waals surface area contributed by atoms with Crippen molar-refractivity contribution < 1.29 is 23.8 Å². The van der Waals surface area contributed by atoms with Gasteiger partial charge in [0.2, 0.25) is 11.8 Å². The molecule has 2 aromatic rings. The van der Waals surface area contributed by atoms with Crippen molar-refractivity contribution in [2.24, 2.45) is 5.92 Å². The second-order valence-electron chi connectivity index (χ2n) is 8.91. The summed E-state index contributed by atoms with van der Waals surface area (Å²) in [5, 5.41) is 3.00. The Hall–Kier alpha value is -3.22. The third-order valence-electron chi connectivity index (χ3n) is 5.79. The number of methoxy groups -OCH3 is 1. The van der Waals surface area contributed by atoms with Gasteiger partial charge in [-0.2, -0.15) is 0 Å². The fourth-order valence-electron chi connectivity index (χ4n) is 3.95. The number of aryl methyl sites for hydroxylation is 1. The van der Waals surface area contributed by atoms with Crippen molar-refractivity contribution in [1.29, 1.82) is 0 Å². The number of rotatable bonds is 11. The molecule has 0 bridgehead atoms. The molecule has 2 amide bonds. The Bertz CT molecular complexity index is 975. The number of amides is 2. The van der Waals surface area contributed by atoms with E-state index in [2.05, 4.69) is 5.32 Å². The van der Waals surface area contributed by atoms with E-state index in [1.807, 2.05) is 63.2 Å². The van der Waals surface area contributed by atoms with E-state index < -0.39 is 6.04 Å². The van der Waals surface area contributed by atoms with Gasteiger partial charge >= 0.3 is 0 Å². The van der Waals surface area contributed by atoms with Crippen molar-refractivity contribution in [1.82, 2.24) is 10.2 Å². The van der Waals surface area contributed by atoms with Gasteiger partial charge in [0.05, 0.1) is 7.11 Å². The van der Waals surface area contributed by atoms with Crippen LogP contribution >= 0.6 is 0 Å². The van der Waals surface area contributed by atoms with E-state index in [1.54, 1.807) is 12.0 Å². The van der Waals surface area contributed by atoms with Crippen LogP contribution in [0.3, 0.4) is 0 Å². The molecular weight excluding hydrogens is 432 g/mol. The number of hydrogen-bond acceptors (Lipinski definition) is 5. The summed E-state index contributed by atoms with van der Waals surface area (Å²) in [6.07, 6.45) is 1.37.